The van der Waals surface area contributed by atoms with Crippen LogP contribution in [0, 0.1) is 0 Å². The van der Waals surface area contributed by atoms with Crippen LogP contribution in [0.5, 0.6) is 5.75 Å². The summed E-state index contributed by atoms with van der Waals surface area (Å²) < 4.78 is 5.17. The van der Waals surface area contributed by atoms with Gasteiger partial charge >= 0.3 is 0 Å². The molecule has 0 heterocycles. The Hall–Kier alpha value is -3.46. The van der Waals surface area contributed by atoms with Crippen LogP contribution in [0.15, 0.2) is 96.0 Å². The van der Waals surface area contributed by atoms with E-state index in [0.717, 1.165) is 16.9 Å². The number of amides is 1. The van der Waals surface area contributed by atoms with Crippen molar-refractivity contribution in [3.8, 4) is 5.75 Å². The predicted octanol–water partition coefficient (Wildman–Crippen LogP) is 5.04. The summed E-state index contributed by atoms with van der Waals surface area (Å²) in [6.45, 7) is 0. The lowest BCUT2D eigenvalue weighted by Gasteiger charge is -2.03. The van der Waals surface area contributed by atoms with Gasteiger partial charge < -0.3 is 4.74 Å². The molecule has 0 aromatic heterocycles. The molecule has 3 aromatic carbocycles. The second-order valence-electron chi connectivity index (χ2n) is 5.64. The quantitative estimate of drug-likeness (QED) is 0.610. The fraction of sp³-hybridized carbons (Fsp3) is 0.0435. The predicted molar refractivity (Wildman–Crippen MR) is 106 cm³/mol. The van der Waals surface area contributed by atoms with Gasteiger partial charge in [0, 0.05) is 11.1 Å². The molecule has 0 aliphatic rings. The highest BCUT2D eigenvalue weighted by Crippen LogP contribution is 2.14. The van der Waals surface area contributed by atoms with Gasteiger partial charge in [-0.2, -0.15) is 0 Å². The molecule has 0 aliphatic heterocycles. The van der Waals surface area contributed by atoms with Crippen LogP contribution in [0.2, 0.25) is 0 Å². The second kappa shape index (κ2) is 8.58. The summed E-state index contributed by atoms with van der Waals surface area (Å²) in [4.78, 5) is 16.8. The maximum atomic E-state index is 12.5. The molecule has 26 heavy (non-hydrogen) atoms. The van der Waals surface area contributed by atoms with Crippen molar-refractivity contribution in [2.45, 2.75) is 0 Å². The van der Waals surface area contributed by atoms with Crippen molar-refractivity contribution in [3.63, 3.8) is 0 Å². The molecule has 1 amide bonds. The first-order valence-corrected chi connectivity index (χ1v) is 8.32. The smallest absolute Gasteiger partial charge is 0.277 e. The summed E-state index contributed by atoms with van der Waals surface area (Å²) in [6.07, 6.45) is 3.79. The summed E-state index contributed by atoms with van der Waals surface area (Å²) in [7, 11) is 1.64. The first-order valence-electron chi connectivity index (χ1n) is 8.32. The minimum atomic E-state index is -0.260. The Morgan fingerprint density at radius 1 is 0.808 bits per heavy atom. The van der Waals surface area contributed by atoms with Gasteiger partial charge in [-0.3, -0.25) is 4.79 Å². The minimum absolute atomic E-state index is 0.260. The van der Waals surface area contributed by atoms with Gasteiger partial charge in [0.15, 0.2) is 0 Å². The summed E-state index contributed by atoms with van der Waals surface area (Å²) in [5.74, 6) is 0.544. The zero-order chi connectivity index (χ0) is 18.2. The van der Waals surface area contributed by atoms with E-state index in [1.165, 1.54) is 0 Å². The molecule has 0 saturated heterocycles. The number of allylic oxidation sites excluding steroid dienone is 1. The van der Waals surface area contributed by atoms with Crippen LogP contribution in [0.1, 0.15) is 21.5 Å². The number of carbonyl (C=O) groups is 1. The van der Waals surface area contributed by atoms with Crippen LogP contribution >= 0.6 is 0 Å². The van der Waals surface area contributed by atoms with Gasteiger partial charge in [0.05, 0.1) is 12.8 Å². The minimum Gasteiger partial charge on any atom is -0.497 e. The molecule has 3 heteroatoms. The molecular weight excluding hydrogens is 322 g/mol. The van der Waals surface area contributed by atoms with Gasteiger partial charge in [0.1, 0.15) is 5.75 Å². The molecular formula is C23H19NO2. The van der Waals surface area contributed by atoms with E-state index >= 15 is 0 Å². The van der Waals surface area contributed by atoms with Crippen molar-refractivity contribution in [3.05, 3.63) is 108 Å². The number of carbonyl (C=O) groups excluding carboxylic acids is 1. The summed E-state index contributed by atoms with van der Waals surface area (Å²) in [5.41, 5.74) is 3.08. The first-order chi connectivity index (χ1) is 12.8. The summed E-state index contributed by atoms with van der Waals surface area (Å²) >= 11 is 0. The fourth-order valence-electron chi connectivity index (χ4n) is 2.45. The first kappa shape index (κ1) is 17.4. The molecule has 0 spiro atoms. The molecule has 0 radical (unpaired) electrons. The molecule has 3 nitrogen and oxygen atoms in total. The fourth-order valence-corrected chi connectivity index (χ4v) is 2.45. The zero-order valence-corrected chi connectivity index (χ0v) is 14.5. The highest BCUT2D eigenvalue weighted by atomic mass is 16.5. The average molecular weight is 341 g/mol. The van der Waals surface area contributed by atoms with Crippen LogP contribution in [0.25, 0.3) is 6.08 Å². The number of benzene rings is 3. The second-order valence-corrected chi connectivity index (χ2v) is 5.64. The maximum absolute atomic E-state index is 12.5. The molecule has 128 valence electrons. The van der Waals surface area contributed by atoms with E-state index in [-0.39, 0.29) is 5.91 Å². The largest absolute Gasteiger partial charge is 0.497 e. The summed E-state index contributed by atoms with van der Waals surface area (Å²) in [6, 6.07) is 26.5. The molecule has 3 rings (SSSR count). The van der Waals surface area contributed by atoms with Gasteiger partial charge in [-0.25, -0.2) is 4.99 Å². The van der Waals surface area contributed by atoms with Crippen molar-refractivity contribution >= 4 is 17.7 Å². The average Bonchev–Trinajstić information content (AvgIpc) is 2.72. The number of ether oxygens (including phenoxy) is 1. The van der Waals surface area contributed by atoms with Crippen LogP contribution < -0.4 is 4.74 Å². The lowest BCUT2D eigenvalue weighted by atomic mass is 10.1. The van der Waals surface area contributed by atoms with Crippen molar-refractivity contribution in [1.82, 2.24) is 0 Å². The van der Waals surface area contributed by atoms with E-state index in [9.17, 15) is 4.79 Å². The van der Waals surface area contributed by atoms with Crippen molar-refractivity contribution in [2.75, 3.05) is 7.11 Å². The lowest BCUT2D eigenvalue weighted by Crippen LogP contribution is -2.03. The number of hydrogen-bond donors (Lipinski definition) is 0. The van der Waals surface area contributed by atoms with E-state index in [1.807, 2.05) is 84.9 Å². The Kier molecular flexibility index (Phi) is 5.73. The molecule has 3 aromatic rings. The summed E-state index contributed by atoms with van der Waals surface area (Å²) in [5, 5.41) is 0. The number of aliphatic imine (C=N–C) groups is 1. The number of nitrogens with zero attached hydrogens (tertiary/aromatic N) is 1. The van der Waals surface area contributed by atoms with Crippen molar-refractivity contribution in [2.24, 2.45) is 4.99 Å². The Morgan fingerprint density at radius 3 is 1.96 bits per heavy atom. The molecule has 0 unspecified atom stereocenters. The highest BCUT2D eigenvalue weighted by Gasteiger charge is 2.06. The van der Waals surface area contributed by atoms with E-state index < -0.39 is 0 Å². The molecule has 0 atom stereocenters. The number of methoxy groups -OCH3 is 1. The van der Waals surface area contributed by atoms with Crippen LogP contribution in [-0.2, 0) is 0 Å². The monoisotopic (exact) mass is 341 g/mol. The number of hydrogen-bond acceptors (Lipinski definition) is 2. The highest BCUT2D eigenvalue weighted by molar-refractivity contribution is 6.17. The standard InChI is InChI=1S/C23H19NO2/c1-26-21-15-12-18(13-16-21)14-17-22(19-8-4-2-5-9-19)24-23(25)20-10-6-3-7-11-20/h2-17H,1H3/b17-14+,24-22?. The van der Waals surface area contributed by atoms with Crippen molar-refractivity contribution in [1.29, 1.82) is 0 Å². The third-order valence-corrected chi connectivity index (χ3v) is 3.86. The maximum Gasteiger partial charge on any atom is 0.277 e. The Balaban J connectivity index is 1.92. The number of rotatable bonds is 5. The molecule has 0 bridgehead atoms. The van der Waals surface area contributed by atoms with Gasteiger partial charge in [-0.1, -0.05) is 66.7 Å². The van der Waals surface area contributed by atoms with Crippen LogP contribution in [-0.4, -0.2) is 18.7 Å². The SMILES string of the molecule is COc1ccc(/C=C/C(=NC(=O)c2ccccc2)c2ccccc2)cc1. The van der Waals surface area contributed by atoms with Gasteiger partial charge in [0.25, 0.3) is 5.91 Å². The van der Waals surface area contributed by atoms with Gasteiger partial charge in [-0.15, -0.1) is 0 Å². The molecule has 0 saturated carbocycles. The van der Waals surface area contributed by atoms with Crippen molar-refractivity contribution < 1.29 is 9.53 Å². The van der Waals surface area contributed by atoms with Crippen LogP contribution in [0.4, 0.5) is 0 Å². The normalized spacial score (nSPS) is 11.5. The Bertz CT molecular complexity index is 911. The zero-order valence-electron chi connectivity index (χ0n) is 14.5. The Morgan fingerprint density at radius 2 is 1.38 bits per heavy atom. The topological polar surface area (TPSA) is 38.7 Å². The van der Waals surface area contributed by atoms with Gasteiger partial charge in [-0.05, 0) is 35.9 Å². The van der Waals surface area contributed by atoms with Crippen LogP contribution in [0.3, 0.4) is 0 Å². The third-order valence-electron chi connectivity index (χ3n) is 3.86. The lowest BCUT2D eigenvalue weighted by molar-refractivity contribution is 0.100. The molecule has 0 fully saturated rings. The van der Waals surface area contributed by atoms with E-state index in [4.69, 9.17) is 4.74 Å². The Labute approximate surface area is 153 Å². The van der Waals surface area contributed by atoms with Gasteiger partial charge in [0.2, 0.25) is 0 Å². The van der Waals surface area contributed by atoms with E-state index in [2.05, 4.69) is 4.99 Å². The molecule has 0 N–H and O–H groups in total. The molecule has 0 aliphatic carbocycles. The van der Waals surface area contributed by atoms with E-state index in [0.29, 0.717) is 11.3 Å². The third kappa shape index (κ3) is 4.54. The van der Waals surface area contributed by atoms with E-state index in [1.54, 1.807) is 19.2 Å².